The first-order valence-electron chi connectivity index (χ1n) is 3.50. The smallest absolute Gasteiger partial charge is 0.0652 e. The van der Waals surface area contributed by atoms with Gasteiger partial charge in [0.1, 0.15) is 0 Å². The van der Waals surface area contributed by atoms with Crippen LogP contribution >= 0.6 is 0 Å². The zero-order valence-corrected chi connectivity index (χ0v) is 5.93. The van der Waals surface area contributed by atoms with Crippen molar-refractivity contribution >= 4 is 0 Å². The van der Waals surface area contributed by atoms with E-state index in [-0.39, 0.29) is 5.60 Å². The minimum Gasteiger partial charge on any atom is -0.390 e. The van der Waals surface area contributed by atoms with Gasteiger partial charge in [-0.2, -0.15) is 0 Å². The van der Waals surface area contributed by atoms with Gasteiger partial charge in [0, 0.05) is 0 Å². The third kappa shape index (κ3) is 1.55. The van der Waals surface area contributed by atoms with E-state index in [9.17, 15) is 5.11 Å². The molecule has 2 atom stereocenters. The highest BCUT2D eigenvalue weighted by atomic mass is 16.3. The lowest BCUT2D eigenvalue weighted by Gasteiger charge is -1.98. The molecule has 1 aliphatic carbocycles. The summed E-state index contributed by atoms with van der Waals surface area (Å²) in [6.45, 7) is 5.53. The Labute approximate surface area is 56.4 Å². The fourth-order valence-corrected chi connectivity index (χ4v) is 1.17. The summed E-state index contributed by atoms with van der Waals surface area (Å²) in [6, 6.07) is 0. The first kappa shape index (κ1) is 6.81. The van der Waals surface area contributed by atoms with Crippen molar-refractivity contribution < 1.29 is 5.11 Å². The summed E-state index contributed by atoms with van der Waals surface area (Å²) >= 11 is 0. The van der Waals surface area contributed by atoms with Crippen LogP contribution in [-0.2, 0) is 0 Å². The first-order chi connectivity index (χ1) is 4.17. The van der Waals surface area contributed by atoms with Crippen molar-refractivity contribution in [2.45, 2.75) is 31.8 Å². The Morgan fingerprint density at radius 1 is 1.89 bits per heavy atom. The molecule has 1 rings (SSSR count). The first-order valence-corrected chi connectivity index (χ1v) is 3.50. The quantitative estimate of drug-likeness (QED) is 0.571. The van der Waals surface area contributed by atoms with Crippen molar-refractivity contribution in [1.82, 2.24) is 0 Å². The number of hydrogen-bond donors (Lipinski definition) is 1. The molecule has 0 radical (unpaired) electrons. The number of aliphatic hydroxyl groups is 1. The van der Waals surface area contributed by atoms with Gasteiger partial charge in [0.15, 0.2) is 0 Å². The van der Waals surface area contributed by atoms with E-state index in [1.54, 1.807) is 0 Å². The van der Waals surface area contributed by atoms with Gasteiger partial charge < -0.3 is 5.11 Å². The van der Waals surface area contributed by atoms with E-state index in [2.05, 4.69) is 6.58 Å². The zero-order chi connectivity index (χ0) is 6.91. The summed E-state index contributed by atoms with van der Waals surface area (Å²) in [5.41, 5.74) is -0.330. The van der Waals surface area contributed by atoms with Crippen molar-refractivity contribution in [3.63, 3.8) is 0 Å². The topological polar surface area (TPSA) is 20.2 Å². The van der Waals surface area contributed by atoms with Gasteiger partial charge in [0.25, 0.3) is 0 Å². The van der Waals surface area contributed by atoms with E-state index in [4.69, 9.17) is 0 Å². The predicted octanol–water partition coefficient (Wildman–Crippen LogP) is 1.72. The maximum absolute atomic E-state index is 9.28. The molecule has 0 saturated heterocycles. The maximum Gasteiger partial charge on any atom is 0.0652 e. The van der Waals surface area contributed by atoms with Gasteiger partial charge in [0.2, 0.25) is 0 Å². The van der Waals surface area contributed by atoms with Gasteiger partial charge in [-0.05, 0) is 32.1 Å². The normalized spacial score (nSPS) is 40.4. The third-order valence-electron chi connectivity index (χ3n) is 2.10. The Morgan fingerprint density at radius 2 is 2.44 bits per heavy atom. The van der Waals surface area contributed by atoms with Crippen LogP contribution in [-0.4, -0.2) is 10.7 Å². The van der Waals surface area contributed by atoms with Gasteiger partial charge >= 0.3 is 0 Å². The van der Waals surface area contributed by atoms with Crippen LogP contribution in [0.4, 0.5) is 0 Å². The van der Waals surface area contributed by atoms with Crippen LogP contribution in [0.15, 0.2) is 12.7 Å². The Bertz CT molecular complexity index is 116. The van der Waals surface area contributed by atoms with Gasteiger partial charge in [-0.3, -0.25) is 0 Å². The summed E-state index contributed by atoms with van der Waals surface area (Å²) in [7, 11) is 0. The molecule has 1 N–H and O–H groups in total. The fraction of sp³-hybridized carbons (Fsp3) is 0.750. The van der Waals surface area contributed by atoms with E-state index in [0.717, 1.165) is 19.3 Å². The van der Waals surface area contributed by atoms with Crippen molar-refractivity contribution in [1.29, 1.82) is 0 Å². The Hall–Kier alpha value is -0.300. The third-order valence-corrected chi connectivity index (χ3v) is 2.10. The average Bonchev–Trinajstić information content (AvgIpc) is 2.35. The second-order valence-electron chi connectivity index (χ2n) is 3.12. The monoisotopic (exact) mass is 126 g/mol. The molecule has 0 amide bonds. The summed E-state index contributed by atoms with van der Waals surface area (Å²) in [5, 5.41) is 9.28. The number of rotatable bonds is 3. The molecule has 1 heteroatoms. The molecule has 1 aliphatic rings. The van der Waals surface area contributed by atoms with Crippen LogP contribution in [0.1, 0.15) is 26.2 Å². The molecular formula is C8H14O. The van der Waals surface area contributed by atoms with E-state index in [1.807, 2.05) is 13.0 Å². The second kappa shape index (κ2) is 2.14. The van der Waals surface area contributed by atoms with E-state index in [1.165, 1.54) is 0 Å². The van der Waals surface area contributed by atoms with Crippen LogP contribution in [0.2, 0.25) is 0 Å². The molecule has 1 nitrogen and oxygen atoms in total. The molecule has 1 saturated carbocycles. The molecule has 0 aliphatic heterocycles. The minimum atomic E-state index is -0.330. The molecule has 0 aromatic heterocycles. The lowest BCUT2D eigenvalue weighted by molar-refractivity contribution is 0.150. The largest absolute Gasteiger partial charge is 0.390 e. The van der Waals surface area contributed by atoms with Crippen molar-refractivity contribution in [3.05, 3.63) is 12.7 Å². The molecule has 0 unspecified atom stereocenters. The lowest BCUT2D eigenvalue weighted by atomic mass is 10.2. The van der Waals surface area contributed by atoms with E-state index >= 15 is 0 Å². The molecule has 0 aromatic carbocycles. The Kier molecular flexibility index (Phi) is 1.62. The lowest BCUT2D eigenvalue weighted by Crippen LogP contribution is -2.02. The number of hydrogen-bond acceptors (Lipinski definition) is 1. The maximum atomic E-state index is 9.28. The molecular weight excluding hydrogens is 112 g/mol. The molecule has 0 spiro atoms. The standard InChI is InChI=1S/C8H14O/c1-3-4-5-7-6-8(7,2)9/h3,7,9H,1,4-6H2,2H3/t7-,8-/m0/s1. The second-order valence-corrected chi connectivity index (χ2v) is 3.12. The van der Waals surface area contributed by atoms with E-state index < -0.39 is 0 Å². The Morgan fingerprint density at radius 3 is 2.78 bits per heavy atom. The zero-order valence-electron chi connectivity index (χ0n) is 5.93. The van der Waals surface area contributed by atoms with Crippen LogP contribution in [0, 0.1) is 5.92 Å². The molecule has 1 fully saturated rings. The van der Waals surface area contributed by atoms with Gasteiger partial charge in [-0.1, -0.05) is 6.08 Å². The van der Waals surface area contributed by atoms with Crippen LogP contribution in [0.3, 0.4) is 0 Å². The van der Waals surface area contributed by atoms with Gasteiger partial charge in [0.05, 0.1) is 5.60 Å². The van der Waals surface area contributed by atoms with Gasteiger partial charge in [-0.15, -0.1) is 6.58 Å². The highest BCUT2D eigenvalue weighted by Gasteiger charge is 2.47. The highest BCUT2D eigenvalue weighted by molar-refractivity contribution is 4.99. The average molecular weight is 126 g/mol. The van der Waals surface area contributed by atoms with Gasteiger partial charge in [-0.25, -0.2) is 0 Å². The highest BCUT2D eigenvalue weighted by Crippen LogP contribution is 2.45. The van der Waals surface area contributed by atoms with Crippen LogP contribution in [0.25, 0.3) is 0 Å². The molecule has 0 aromatic rings. The van der Waals surface area contributed by atoms with Crippen molar-refractivity contribution in [2.24, 2.45) is 5.92 Å². The van der Waals surface area contributed by atoms with Crippen LogP contribution < -0.4 is 0 Å². The summed E-state index contributed by atoms with van der Waals surface area (Å²) in [6.07, 6.45) is 5.05. The fourth-order valence-electron chi connectivity index (χ4n) is 1.17. The number of allylic oxidation sites excluding steroid dienone is 1. The minimum absolute atomic E-state index is 0.330. The predicted molar refractivity (Wildman–Crippen MR) is 38.2 cm³/mol. The summed E-state index contributed by atoms with van der Waals surface area (Å²) < 4.78 is 0. The van der Waals surface area contributed by atoms with E-state index in [0.29, 0.717) is 5.92 Å². The SMILES string of the molecule is C=CCC[C@H]1C[C@]1(C)O. The van der Waals surface area contributed by atoms with Crippen LogP contribution in [0.5, 0.6) is 0 Å². The molecule has 52 valence electrons. The van der Waals surface area contributed by atoms with Crippen molar-refractivity contribution in [3.8, 4) is 0 Å². The molecule has 0 bridgehead atoms. The molecule has 0 heterocycles. The summed E-state index contributed by atoms with van der Waals surface area (Å²) in [4.78, 5) is 0. The van der Waals surface area contributed by atoms with Crippen molar-refractivity contribution in [2.75, 3.05) is 0 Å². The summed E-state index contributed by atoms with van der Waals surface area (Å²) in [5.74, 6) is 0.551. The molecule has 9 heavy (non-hydrogen) atoms. The Balaban J connectivity index is 2.12.